The lowest BCUT2D eigenvalue weighted by Crippen LogP contribution is -2.50. The van der Waals surface area contributed by atoms with E-state index in [0.29, 0.717) is 12.3 Å². The molecule has 1 amide bonds. The van der Waals surface area contributed by atoms with Gasteiger partial charge in [0.25, 0.3) is 0 Å². The molecule has 1 aromatic heterocycles. The highest BCUT2D eigenvalue weighted by molar-refractivity contribution is 7.10. The highest BCUT2D eigenvalue weighted by atomic mass is 32.1. The Hall–Kier alpha value is -2.05. The molecule has 0 radical (unpaired) electrons. The maximum absolute atomic E-state index is 12.6. The molecule has 4 rings (SSSR count). The van der Waals surface area contributed by atoms with E-state index in [4.69, 9.17) is 0 Å². The number of anilines is 1. The van der Waals surface area contributed by atoms with Gasteiger partial charge >= 0.3 is 0 Å². The number of aromatic hydroxyl groups is 1. The predicted octanol–water partition coefficient (Wildman–Crippen LogP) is 2.16. The average Bonchev–Trinajstić information content (AvgIpc) is 3.10. The van der Waals surface area contributed by atoms with Gasteiger partial charge in [0.05, 0.1) is 12.2 Å². The molecule has 25 heavy (non-hydrogen) atoms. The number of thiophene rings is 1. The van der Waals surface area contributed by atoms with E-state index in [-0.39, 0.29) is 5.91 Å². The summed E-state index contributed by atoms with van der Waals surface area (Å²) < 4.78 is 0. The van der Waals surface area contributed by atoms with Gasteiger partial charge in [-0.25, -0.2) is 0 Å². The first-order chi connectivity index (χ1) is 12.2. The number of phenolic OH excluding ortho intramolecular Hbond substituents is 1. The average molecular weight is 357 g/mol. The summed E-state index contributed by atoms with van der Waals surface area (Å²) in [4.78, 5) is 20.5. The normalized spacial score (nSPS) is 18.2. The van der Waals surface area contributed by atoms with E-state index in [1.54, 1.807) is 17.4 Å². The predicted molar refractivity (Wildman–Crippen MR) is 100 cm³/mol. The molecule has 0 spiro atoms. The zero-order chi connectivity index (χ0) is 17.2. The number of hydrogen-bond acceptors (Lipinski definition) is 5. The Bertz CT molecular complexity index is 753. The van der Waals surface area contributed by atoms with Gasteiger partial charge in [0.2, 0.25) is 5.91 Å². The zero-order valence-electron chi connectivity index (χ0n) is 14.2. The third kappa shape index (κ3) is 3.50. The molecule has 1 aromatic carbocycles. The maximum Gasteiger partial charge on any atom is 0.237 e. The Morgan fingerprint density at radius 3 is 2.68 bits per heavy atom. The van der Waals surface area contributed by atoms with Gasteiger partial charge in [-0.05, 0) is 35.6 Å². The first-order valence-electron chi connectivity index (χ1n) is 8.79. The molecule has 0 unspecified atom stereocenters. The third-order valence-electron chi connectivity index (χ3n) is 5.11. The second kappa shape index (κ2) is 7.06. The van der Waals surface area contributed by atoms with Crippen molar-refractivity contribution in [3.8, 4) is 5.75 Å². The van der Waals surface area contributed by atoms with Crippen LogP contribution in [0.3, 0.4) is 0 Å². The van der Waals surface area contributed by atoms with Crippen LogP contribution in [0.4, 0.5) is 5.69 Å². The first kappa shape index (κ1) is 16.4. The topological polar surface area (TPSA) is 47.0 Å². The van der Waals surface area contributed by atoms with Crippen molar-refractivity contribution >= 4 is 22.9 Å². The SMILES string of the molecule is O=C(CN1CCN(c2ccccc2O)CC1)N1CCc2sccc2C1. The summed E-state index contributed by atoms with van der Waals surface area (Å²) >= 11 is 1.80. The maximum atomic E-state index is 12.6. The van der Waals surface area contributed by atoms with Gasteiger partial charge < -0.3 is 14.9 Å². The number of fused-ring (bicyclic) bond motifs is 1. The molecule has 3 heterocycles. The second-order valence-electron chi connectivity index (χ2n) is 6.69. The Morgan fingerprint density at radius 2 is 1.88 bits per heavy atom. The van der Waals surface area contributed by atoms with Crippen molar-refractivity contribution in [3.63, 3.8) is 0 Å². The molecule has 1 N–H and O–H groups in total. The Morgan fingerprint density at radius 1 is 1.08 bits per heavy atom. The lowest BCUT2D eigenvalue weighted by molar-refractivity contribution is -0.133. The van der Waals surface area contributed by atoms with Crippen LogP contribution in [-0.4, -0.2) is 60.1 Å². The van der Waals surface area contributed by atoms with E-state index in [2.05, 4.69) is 21.2 Å². The second-order valence-corrected chi connectivity index (χ2v) is 7.69. The molecule has 2 aliphatic rings. The van der Waals surface area contributed by atoms with Crippen LogP contribution in [0.25, 0.3) is 0 Å². The summed E-state index contributed by atoms with van der Waals surface area (Å²) in [6.07, 6.45) is 0.986. The molecule has 6 heteroatoms. The monoisotopic (exact) mass is 357 g/mol. The molecule has 0 aliphatic carbocycles. The van der Waals surface area contributed by atoms with E-state index in [1.807, 2.05) is 23.1 Å². The summed E-state index contributed by atoms with van der Waals surface area (Å²) in [7, 11) is 0. The molecule has 2 aromatic rings. The molecule has 2 aliphatic heterocycles. The highest BCUT2D eigenvalue weighted by Gasteiger charge is 2.25. The van der Waals surface area contributed by atoms with Gasteiger partial charge in [-0.2, -0.15) is 0 Å². The Labute approximate surface area is 152 Å². The fourth-order valence-corrected chi connectivity index (χ4v) is 4.52. The number of carbonyl (C=O) groups excluding carboxylic acids is 1. The smallest absolute Gasteiger partial charge is 0.237 e. The van der Waals surface area contributed by atoms with Crippen LogP contribution in [0.2, 0.25) is 0 Å². The van der Waals surface area contributed by atoms with Crippen LogP contribution < -0.4 is 4.90 Å². The minimum Gasteiger partial charge on any atom is -0.506 e. The Kier molecular flexibility index (Phi) is 4.63. The number of nitrogens with zero attached hydrogens (tertiary/aromatic N) is 3. The van der Waals surface area contributed by atoms with Crippen LogP contribution in [-0.2, 0) is 17.8 Å². The van der Waals surface area contributed by atoms with Gasteiger partial charge in [0, 0.05) is 44.1 Å². The number of benzene rings is 1. The molecule has 1 fully saturated rings. The highest BCUT2D eigenvalue weighted by Crippen LogP contribution is 2.27. The molecular weight excluding hydrogens is 334 g/mol. The Balaban J connectivity index is 1.30. The number of phenols is 1. The molecule has 1 saturated heterocycles. The number of rotatable bonds is 3. The van der Waals surface area contributed by atoms with E-state index in [0.717, 1.165) is 51.4 Å². The van der Waals surface area contributed by atoms with Crippen molar-refractivity contribution in [1.29, 1.82) is 0 Å². The van der Waals surface area contributed by atoms with E-state index in [1.165, 1.54) is 10.4 Å². The van der Waals surface area contributed by atoms with Gasteiger partial charge in [0.15, 0.2) is 0 Å². The fourth-order valence-electron chi connectivity index (χ4n) is 3.63. The summed E-state index contributed by atoms with van der Waals surface area (Å²) in [5, 5.41) is 12.1. The minimum absolute atomic E-state index is 0.229. The quantitative estimate of drug-likeness (QED) is 0.915. The van der Waals surface area contributed by atoms with Gasteiger partial charge in [-0.3, -0.25) is 9.69 Å². The van der Waals surface area contributed by atoms with E-state index < -0.39 is 0 Å². The molecular formula is C19H23N3O2S. The fraction of sp³-hybridized carbons (Fsp3) is 0.421. The van der Waals surface area contributed by atoms with Crippen molar-refractivity contribution < 1.29 is 9.90 Å². The van der Waals surface area contributed by atoms with Crippen molar-refractivity contribution in [2.75, 3.05) is 44.2 Å². The molecule has 0 bridgehead atoms. The zero-order valence-corrected chi connectivity index (χ0v) is 15.0. The van der Waals surface area contributed by atoms with Crippen molar-refractivity contribution in [3.05, 3.63) is 46.2 Å². The van der Waals surface area contributed by atoms with E-state index >= 15 is 0 Å². The number of hydrogen-bond donors (Lipinski definition) is 1. The van der Waals surface area contributed by atoms with Gasteiger partial charge in [-0.15, -0.1) is 11.3 Å². The van der Waals surface area contributed by atoms with Crippen molar-refractivity contribution in [2.45, 2.75) is 13.0 Å². The van der Waals surface area contributed by atoms with Crippen LogP contribution in [0.15, 0.2) is 35.7 Å². The van der Waals surface area contributed by atoms with Crippen LogP contribution in [0, 0.1) is 0 Å². The third-order valence-corrected chi connectivity index (χ3v) is 6.14. The largest absolute Gasteiger partial charge is 0.506 e. The van der Waals surface area contributed by atoms with E-state index in [9.17, 15) is 9.90 Å². The lowest BCUT2D eigenvalue weighted by Gasteiger charge is -2.37. The molecule has 0 saturated carbocycles. The summed E-state index contributed by atoms with van der Waals surface area (Å²) in [5.41, 5.74) is 2.20. The number of piperazine rings is 1. The summed E-state index contributed by atoms with van der Waals surface area (Å²) in [5.74, 6) is 0.555. The molecule has 5 nitrogen and oxygen atoms in total. The van der Waals surface area contributed by atoms with Gasteiger partial charge in [0.1, 0.15) is 5.75 Å². The van der Waals surface area contributed by atoms with Crippen LogP contribution in [0.1, 0.15) is 10.4 Å². The lowest BCUT2D eigenvalue weighted by atomic mass is 10.1. The minimum atomic E-state index is 0.229. The number of carbonyl (C=O) groups is 1. The van der Waals surface area contributed by atoms with Crippen molar-refractivity contribution in [1.82, 2.24) is 9.80 Å². The van der Waals surface area contributed by atoms with Crippen LogP contribution in [0.5, 0.6) is 5.75 Å². The van der Waals surface area contributed by atoms with Crippen LogP contribution >= 0.6 is 11.3 Å². The molecule has 132 valence electrons. The summed E-state index contributed by atoms with van der Waals surface area (Å²) in [6, 6.07) is 9.60. The number of amides is 1. The summed E-state index contributed by atoms with van der Waals surface area (Å²) in [6.45, 7) is 5.45. The van der Waals surface area contributed by atoms with Crippen molar-refractivity contribution in [2.24, 2.45) is 0 Å². The number of para-hydroxylation sites is 2. The molecule has 0 atom stereocenters. The standard InChI is InChI=1S/C19H23N3O2S/c23-17-4-2-1-3-16(17)21-10-8-20(9-11-21)14-19(24)22-7-5-18-15(13-22)6-12-25-18/h1-4,6,12,23H,5,7-11,13-14H2. The van der Waals surface area contributed by atoms with Gasteiger partial charge in [-0.1, -0.05) is 12.1 Å². The first-order valence-corrected chi connectivity index (χ1v) is 9.67.